The zero-order chi connectivity index (χ0) is 17.1. The molecular formula is C19H23N3OS. The predicted octanol–water partition coefficient (Wildman–Crippen LogP) is 4.00. The molecule has 4 nitrogen and oxygen atoms in total. The standard InChI is InChI=1S/C19H23N3OS/c1-3-13-7-8-17-15(9-13)11-18(24-17)19(23)22-21-12(2)14-5-4-6-16(20)10-14/h4-6,10-11,13H,3,7-9,20H2,1-2H3,(H,22,23)/b21-12-/t13-/m1/s1. The Morgan fingerprint density at radius 1 is 1.42 bits per heavy atom. The summed E-state index contributed by atoms with van der Waals surface area (Å²) >= 11 is 1.60. The van der Waals surface area contributed by atoms with Gasteiger partial charge >= 0.3 is 0 Å². The molecule has 5 heteroatoms. The molecule has 24 heavy (non-hydrogen) atoms. The zero-order valence-corrected chi connectivity index (χ0v) is 15.0. The van der Waals surface area contributed by atoms with Gasteiger partial charge in [0, 0.05) is 10.6 Å². The number of rotatable bonds is 4. The van der Waals surface area contributed by atoms with Gasteiger partial charge in [0.1, 0.15) is 0 Å². The van der Waals surface area contributed by atoms with E-state index < -0.39 is 0 Å². The molecule has 3 rings (SSSR count). The van der Waals surface area contributed by atoms with Crippen LogP contribution in [0.2, 0.25) is 0 Å². The SMILES string of the molecule is CC[C@@H]1CCc2sc(C(=O)N/N=C(/C)c3cccc(N)c3)cc2C1. The number of nitrogens with zero attached hydrogens (tertiary/aromatic N) is 1. The second-order valence-electron chi connectivity index (χ2n) is 6.34. The smallest absolute Gasteiger partial charge is 0.281 e. The quantitative estimate of drug-likeness (QED) is 0.501. The number of nitrogens with one attached hydrogen (secondary N) is 1. The van der Waals surface area contributed by atoms with E-state index in [1.54, 1.807) is 11.3 Å². The van der Waals surface area contributed by atoms with Crippen molar-refractivity contribution in [2.24, 2.45) is 11.0 Å². The first-order valence-electron chi connectivity index (χ1n) is 8.39. The van der Waals surface area contributed by atoms with E-state index in [0.29, 0.717) is 5.69 Å². The Labute approximate surface area is 146 Å². The van der Waals surface area contributed by atoms with Gasteiger partial charge in [-0.25, -0.2) is 5.43 Å². The maximum absolute atomic E-state index is 12.4. The van der Waals surface area contributed by atoms with Crippen molar-refractivity contribution >= 4 is 28.6 Å². The van der Waals surface area contributed by atoms with E-state index in [4.69, 9.17) is 5.73 Å². The summed E-state index contributed by atoms with van der Waals surface area (Å²) in [6.45, 7) is 4.10. The van der Waals surface area contributed by atoms with Gasteiger partial charge in [0.25, 0.3) is 5.91 Å². The van der Waals surface area contributed by atoms with Crippen LogP contribution in [0.3, 0.4) is 0 Å². The minimum absolute atomic E-state index is 0.134. The Hall–Kier alpha value is -2.14. The number of benzene rings is 1. The van der Waals surface area contributed by atoms with Gasteiger partial charge in [0.15, 0.2) is 0 Å². The fraction of sp³-hybridized carbons (Fsp3) is 0.368. The van der Waals surface area contributed by atoms with Gasteiger partial charge in [-0.1, -0.05) is 25.5 Å². The highest BCUT2D eigenvalue weighted by molar-refractivity contribution is 7.14. The molecule has 3 N–H and O–H groups in total. The molecule has 1 atom stereocenters. The lowest BCUT2D eigenvalue weighted by Crippen LogP contribution is -2.18. The van der Waals surface area contributed by atoms with Crippen molar-refractivity contribution in [1.29, 1.82) is 0 Å². The van der Waals surface area contributed by atoms with Crippen molar-refractivity contribution in [2.75, 3.05) is 5.73 Å². The molecule has 0 saturated heterocycles. The molecule has 0 unspecified atom stereocenters. The molecule has 0 radical (unpaired) electrons. The highest BCUT2D eigenvalue weighted by atomic mass is 32.1. The maximum Gasteiger partial charge on any atom is 0.281 e. The summed E-state index contributed by atoms with van der Waals surface area (Å²) in [6, 6.07) is 9.52. The molecule has 1 aliphatic rings. The number of fused-ring (bicyclic) bond motifs is 1. The number of amides is 1. The summed E-state index contributed by atoms with van der Waals surface area (Å²) in [5.41, 5.74) is 12.1. The van der Waals surface area contributed by atoms with Crippen LogP contribution in [0.15, 0.2) is 35.4 Å². The molecule has 1 aromatic heterocycles. The van der Waals surface area contributed by atoms with Crippen molar-refractivity contribution in [3.63, 3.8) is 0 Å². The Kier molecular flexibility index (Phi) is 5.00. The van der Waals surface area contributed by atoms with Gasteiger partial charge in [0.2, 0.25) is 0 Å². The Balaban J connectivity index is 1.69. The van der Waals surface area contributed by atoms with Crippen LogP contribution in [0, 0.1) is 5.92 Å². The fourth-order valence-electron chi connectivity index (χ4n) is 3.08. The van der Waals surface area contributed by atoms with Crippen LogP contribution < -0.4 is 11.2 Å². The van der Waals surface area contributed by atoms with Crippen LogP contribution in [-0.4, -0.2) is 11.6 Å². The summed E-state index contributed by atoms with van der Waals surface area (Å²) in [6.07, 6.45) is 4.64. The van der Waals surface area contributed by atoms with Crippen molar-refractivity contribution in [3.05, 3.63) is 51.2 Å². The lowest BCUT2D eigenvalue weighted by molar-refractivity contribution is 0.0959. The summed E-state index contributed by atoms with van der Waals surface area (Å²) in [4.78, 5) is 14.5. The van der Waals surface area contributed by atoms with E-state index in [1.165, 1.54) is 23.3 Å². The van der Waals surface area contributed by atoms with Crippen LogP contribution in [0.1, 0.15) is 52.4 Å². The van der Waals surface area contributed by atoms with Gasteiger partial charge in [-0.15, -0.1) is 11.3 Å². The largest absolute Gasteiger partial charge is 0.399 e. The topological polar surface area (TPSA) is 67.5 Å². The minimum atomic E-state index is -0.134. The van der Waals surface area contributed by atoms with Crippen LogP contribution in [0.4, 0.5) is 5.69 Å². The molecule has 1 amide bonds. The lowest BCUT2D eigenvalue weighted by atomic mass is 9.87. The first-order chi connectivity index (χ1) is 11.6. The average Bonchev–Trinajstić information content (AvgIpc) is 3.02. The first-order valence-corrected chi connectivity index (χ1v) is 9.20. The number of carbonyl (C=O) groups excluding carboxylic acids is 1. The number of nitrogens with two attached hydrogens (primary N) is 1. The third-order valence-electron chi connectivity index (χ3n) is 4.62. The van der Waals surface area contributed by atoms with Crippen LogP contribution in [0.25, 0.3) is 0 Å². The van der Waals surface area contributed by atoms with Gasteiger partial charge in [-0.3, -0.25) is 4.79 Å². The second kappa shape index (κ2) is 7.18. The van der Waals surface area contributed by atoms with E-state index in [0.717, 1.165) is 34.9 Å². The third-order valence-corrected chi connectivity index (χ3v) is 5.85. The maximum atomic E-state index is 12.4. The van der Waals surface area contributed by atoms with E-state index in [2.05, 4.69) is 17.5 Å². The Morgan fingerprint density at radius 2 is 2.25 bits per heavy atom. The fourth-order valence-corrected chi connectivity index (χ4v) is 4.18. The summed E-state index contributed by atoms with van der Waals surface area (Å²) in [7, 11) is 0. The van der Waals surface area contributed by atoms with E-state index in [1.807, 2.05) is 37.3 Å². The molecule has 1 heterocycles. The minimum Gasteiger partial charge on any atom is -0.399 e. The number of hydrazone groups is 1. The Bertz CT molecular complexity index is 779. The van der Waals surface area contributed by atoms with Crippen molar-refractivity contribution in [2.45, 2.75) is 39.5 Å². The van der Waals surface area contributed by atoms with Gasteiger partial charge in [0.05, 0.1) is 10.6 Å². The number of anilines is 1. The molecule has 0 aliphatic heterocycles. The number of thiophene rings is 1. The van der Waals surface area contributed by atoms with Gasteiger partial charge in [-0.05, 0) is 61.4 Å². The molecule has 0 saturated carbocycles. The number of aryl methyl sites for hydroxylation is 1. The van der Waals surface area contributed by atoms with Crippen molar-refractivity contribution < 1.29 is 4.79 Å². The van der Waals surface area contributed by atoms with Crippen LogP contribution in [-0.2, 0) is 12.8 Å². The lowest BCUT2D eigenvalue weighted by Gasteiger charge is -2.19. The first kappa shape index (κ1) is 16.7. The van der Waals surface area contributed by atoms with Gasteiger partial charge < -0.3 is 5.73 Å². The van der Waals surface area contributed by atoms with Crippen LogP contribution >= 0.6 is 11.3 Å². The molecular weight excluding hydrogens is 318 g/mol. The Morgan fingerprint density at radius 3 is 3.00 bits per heavy atom. The van der Waals surface area contributed by atoms with E-state index >= 15 is 0 Å². The molecule has 0 bridgehead atoms. The highest BCUT2D eigenvalue weighted by Crippen LogP contribution is 2.33. The molecule has 1 aliphatic carbocycles. The average molecular weight is 341 g/mol. The molecule has 1 aromatic carbocycles. The molecule has 2 aromatic rings. The number of nitrogen functional groups attached to an aromatic ring is 1. The predicted molar refractivity (Wildman–Crippen MR) is 101 cm³/mol. The van der Waals surface area contributed by atoms with Crippen LogP contribution in [0.5, 0.6) is 0 Å². The van der Waals surface area contributed by atoms with E-state index in [9.17, 15) is 4.79 Å². The van der Waals surface area contributed by atoms with Crippen molar-refractivity contribution in [1.82, 2.24) is 5.43 Å². The molecule has 0 fully saturated rings. The second-order valence-corrected chi connectivity index (χ2v) is 7.48. The molecule has 0 spiro atoms. The highest BCUT2D eigenvalue weighted by Gasteiger charge is 2.21. The van der Waals surface area contributed by atoms with Gasteiger partial charge in [-0.2, -0.15) is 5.10 Å². The molecule has 126 valence electrons. The number of carbonyl (C=O) groups is 1. The summed E-state index contributed by atoms with van der Waals surface area (Å²) in [5.74, 6) is 0.623. The normalized spacial score (nSPS) is 17.4. The number of hydrogen-bond donors (Lipinski definition) is 2. The summed E-state index contributed by atoms with van der Waals surface area (Å²) < 4.78 is 0. The van der Waals surface area contributed by atoms with Crippen molar-refractivity contribution in [3.8, 4) is 0 Å². The monoisotopic (exact) mass is 341 g/mol. The third kappa shape index (κ3) is 3.67. The summed E-state index contributed by atoms with van der Waals surface area (Å²) in [5, 5.41) is 4.22. The number of hydrogen-bond acceptors (Lipinski definition) is 4. The zero-order valence-electron chi connectivity index (χ0n) is 14.1. The van der Waals surface area contributed by atoms with E-state index in [-0.39, 0.29) is 5.91 Å².